The lowest BCUT2D eigenvalue weighted by atomic mass is 9.87. The number of halogens is 1. The number of piperidine rings is 1. The zero-order valence-electron chi connectivity index (χ0n) is 26.1. The van der Waals surface area contributed by atoms with E-state index in [0.717, 1.165) is 57.5 Å². The third-order valence-electron chi connectivity index (χ3n) is 10.1. The first-order chi connectivity index (χ1) is 21.0. The number of primary amides is 1. The Morgan fingerprint density at radius 2 is 1.80 bits per heavy atom. The highest BCUT2D eigenvalue weighted by Gasteiger charge is 2.52. The highest BCUT2D eigenvalue weighted by Crippen LogP contribution is 2.44. The Labute approximate surface area is 259 Å². The minimum Gasteiger partial charge on any atom is -0.444 e. The molecule has 4 fully saturated rings. The molecule has 0 spiro atoms. The Bertz CT molecular complexity index is 1390. The molecular formula is C35H45FN4O4. The summed E-state index contributed by atoms with van der Waals surface area (Å²) in [5.74, 6) is -1.49. The normalized spacial score (nSPS) is 27.0. The van der Waals surface area contributed by atoms with Gasteiger partial charge in [0.25, 0.3) is 0 Å². The van der Waals surface area contributed by atoms with Crippen LogP contribution in [0.4, 0.5) is 14.9 Å². The van der Waals surface area contributed by atoms with Gasteiger partial charge >= 0.3 is 6.09 Å². The van der Waals surface area contributed by atoms with E-state index in [9.17, 15) is 14.4 Å². The molecule has 2 amide bonds. The van der Waals surface area contributed by atoms with Crippen LogP contribution in [0.3, 0.4) is 0 Å². The van der Waals surface area contributed by atoms with Gasteiger partial charge in [0.05, 0.1) is 6.04 Å². The summed E-state index contributed by atoms with van der Waals surface area (Å²) < 4.78 is 21.2. The molecule has 2 aromatic rings. The SMILES string of the molecule is CC(C)(C)OC(=O)N1[C@@H]2CC[C@@H](C2)[C@H]1C(=O)C[C@@H](Cc1ccc(N2CCC3CN(Cc4ccccc4)CC32)cc1F)C(N)=O. The van der Waals surface area contributed by atoms with E-state index in [2.05, 4.69) is 34.1 Å². The lowest BCUT2D eigenvalue weighted by Gasteiger charge is -2.36. The van der Waals surface area contributed by atoms with Crippen LogP contribution in [-0.2, 0) is 27.3 Å². The van der Waals surface area contributed by atoms with E-state index >= 15 is 4.39 Å². The van der Waals surface area contributed by atoms with E-state index < -0.39 is 29.6 Å². The van der Waals surface area contributed by atoms with Crippen LogP contribution in [0.1, 0.15) is 64.0 Å². The van der Waals surface area contributed by atoms with Crippen LogP contribution in [0.25, 0.3) is 0 Å². The molecule has 2 unspecified atom stereocenters. The van der Waals surface area contributed by atoms with Crippen molar-refractivity contribution in [3.8, 4) is 0 Å². The quantitative estimate of drug-likeness (QED) is 0.436. The van der Waals surface area contributed by atoms with Gasteiger partial charge in [-0.2, -0.15) is 0 Å². The molecule has 2 aromatic carbocycles. The molecule has 2 N–H and O–H groups in total. The second-order valence-electron chi connectivity index (χ2n) is 14.3. The highest BCUT2D eigenvalue weighted by atomic mass is 19.1. The fraction of sp³-hybridized carbons (Fsp3) is 0.571. The molecule has 1 aliphatic carbocycles. The maximum atomic E-state index is 15.6. The van der Waals surface area contributed by atoms with Crippen molar-refractivity contribution in [1.82, 2.24) is 9.80 Å². The highest BCUT2D eigenvalue weighted by molar-refractivity contribution is 5.92. The van der Waals surface area contributed by atoms with Gasteiger partial charge in [-0.3, -0.25) is 19.4 Å². The lowest BCUT2D eigenvalue weighted by Crippen LogP contribution is -2.51. The fourth-order valence-electron chi connectivity index (χ4n) is 8.10. The van der Waals surface area contributed by atoms with Gasteiger partial charge in [0.15, 0.2) is 5.78 Å². The van der Waals surface area contributed by atoms with Crippen molar-refractivity contribution in [3.63, 3.8) is 0 Å². The average molecular weight is 605 g/mol. The van der Waals surface area contributed by atoms with Gasteiger partial charge in [-0.1, -0.05) is 36.4 Å². The molecule has 44 heavy (non-hydrogen) atoms. The third kappa shape index (κ3) is 6.34. The van der Waals surface area contributed by atoms with Crippen molar-refractivity contribution in [2.24, 2.45) is 23.5 Å². The Morgan fingerprint density at radius 3 is 2.50 bits per heavy atom. The molecule has 3 heterocycles. The standard InChI is InChI=1S/C35H45FN4O4/c1-35(2,3)44-34(43)40-28-12-10-24(16-28)32(40)31(41)17-26(33(37)42)15-23-9-11-27(18-29(23)36)39-14-13-25-20-38(21-30(25)39)19-22-7-5-4-6-8-22/h4-9,11,18,24-26,28,30,32H,10,12-17,19-21H2,1-3H3,(H2,37,42)/t24-,25?,26+,28+,30?,32-/m0/s1. The number of hydrogen-bond donors (Lipinski definition) is 1. The Morgan fingerprint density at radius 1 is 1.02 bits per heavy atom. The first kappa shape index (κ1) is 30.6. The predicted octanol–water partition coefficient (Wildman–Crippen LogP) is 4.93. The summed E-state index contributed by atoms with van der Waals surface area (Å²) >= 11 is 0. The summed E-state index contributed by atoms with van der Waals surface area (Å²) in [6.07, 6.45) is 2.96. The molecule has 2 bridgehead atoms. The number of Topliss-reactive ketones (excluding diaryl/α,β-unsaturated/α-hetero) is 1. The zero-order valence-corrected chi connectivity index (χ0v) is 26.1. The smallest absolute Gasteiger partial charge is 0.411 e. The number of nitrogens with two attached hydrogens (primary N) is 1. The number of carbonyl (C=O) groups is 3. The minimum absolute atomic E-state index is 0.0312. The molecule has 8 nitrogen and oxygen atoms in total. The molecule has 236 valence electrons. The largest absolute Gasteiger partial charge is 0.444 e. The molecule has 3 saturated heterocycles. The minimum atomic E-state index is -0.861. The van der Waals surface area contributed by atoms with E-state index in [4.69, 9.17) is 10.5 Å². The maximum Gasteiger partial charge on any atom is 0.411 e. The van der Waals surface area contributed by atoms with Crippen LogP contribution in [0.2, 0.25) is 0 Å². The van der Waals surface area contributed by atoms with Crippen molar-refractivity contribution in [1.29, 1.82) is 0 Å². The maximum absolute atomic E-state index is 15.6. The van der Waals surface area contributed by atoms with E-state index in [-0.39, 0.29) is 36.4 Å². The number of anilines is 1. The number of ether oxygens (including phenoxy) is 1. The Hall–Kier alpha value is -3.46. The van der Waals surface area contributed by atoms with Gasteiger partial charge < -0.3 is 15.4 Å². The van der Waals surface area contributed by atoms with Crippen LogP contribution in [-0.4, -0.2) is 70.9 Å². The first-order valence-corrected chi connectivity index (χ1v) is 16.1. The van der Waals surface area contributed by atoms with Gasteiger partial charge in [-0.25, -0.2) is 9.18 Å². The van der Waals surface area contributed by atoms with E-state index in [0.29, 0.717) is 17.5 Å². The van der Waals surface area contributed by atoms with Crippen molar-refractivity contribution < 1.29 is 23.5 Å². The van der Waals surface area contributed by atoms with Crippen molar-refractivity contribution >= 4 is 23.5 Å². The van der Waals surface area contributed by atoms with Gasteiger partial charge in [0.2, 0.25) is 5.91 Å². The lowest BCUT2D eigenvalue weighted by molar-refractivity contribution is -0.131. The summed E-state index contributed by atoms with van der Waals surface area (Å²) in [6, 6.07) is 15.4. The number of benzene rings is 2. The number of carbonyl (C=O) groups excluding carboxylic acids is 3. The second kappa shape index (κ2) is 12.1. The van der Waals surface area contributed by atoms with Gasteiger partial charge in [-0.05, 0) is 88.0 Å². The molecule has 0 aromatic heterocycles. The van der Waals surface area contributed by atoms with E-state index in [1.165, 1.54) is 5.56 Å². The van der Waals surface area contributed by atoms with Crippen LogP contribution >= 0.6 is 0 Å². The number of amides is 2. The van der Waals surface area contributed by atoms with Crippen molar-refractivity contribution in [3.05, 3.63) is 65.5 Å². The first-order valence-electron chi connectivity index (χ1n) is 16.1. The summed E-state index contributed by atoms with van der Waals surface area (Å²) in [7, 11) is 0. The van der Waals surface area contributed by atoms with Crippen LogP contribution in [0, 0.1) is 23.6 Å². The van der Waals surface area contributed by atoms with Crippen molar-refractivity contribution in [2.75, 3.05) is 24.5 Å². The molecule has 4 aliphatic rings. The summed E-state index contributed by atoms with van der Waals surface area (Å²) in [4.78, 5) is 45.6. The third-order valence-corrected chi connectivity index (χ3v) is 10.1. The number of fused-ring (bicyclic) bond motifs is 3. The monoisotopic (exact) mass is 604 g/mol. The van der Waals surface area contributed by atoms with Gasteiger partial charge in [0.1, 0.15) is 11.4 Å². The summed E-state index contributed by atoms with van der Waals surface area (Å²) in [6.45, 7) is 9.20. The van der Waals surface area contributed by atoms with Crippen LogP contribution < -0.4 is 10.6 Å². The molecular weight excluding hydrogens is 559 g/mol. The molecule has 1 saturated carbocycles. The number of hydrogen-bond acceptors (Lipinski definition) is 6. The Kier molecular flexibility index (Phi) is 8.44. The molecule has 6 atom stereocenters. The topological polar surface area (TPSA) is 96.2 Å². The van der Waals surface area contributed by atoms with E-state index in [1.54, 1.807) is 37.8 Å². The molecule has 9 heteroatoms. The Balaban J connectivity index is 1.10. The predicted molar refractivity (Wildman–Crippen MR) is 166 cm³/mol. The molecule has 0 radical (unpaired) electrons. The molecule has 3 aliphatic heterocycles. The fourth-order valence-corrected chi connectivity index (χ4v) is 8.10. The number of likely N-dealkylation sites (tertiary alicyclic amines) is 2. The van der Waals surface area contributed by atoms with E-state index in [1.807, 2.05) is 12.1 Å². The number of ketones is 1. The van der Waals surface area contributed by atoms with Crippen LogP contribution in [0.5, 0.6) is 0 Å². The van der Waals surface area contributed by atoms with Crippen LogP contribution in [0.15, 0.2) is 48.5 Å². The number of rotatable bonds is 9. The second-order valence-corrected chi connectivity index (χ2v) is 14.3. The van der Waals surface area contributed by atoms with Crippen molar-refractivity contribution in [2.45, 2.75) is 89.6 Å². The van der Waals surface area contributed by atoms with Gasteiger partial charge in [-0.15, -0.1) is 0 Å². The zero-order chi connectivity index (χ0) is 31.2. The molecule has 6 rings (SSSR count). The van der Waals surface area contributed by atoms with Gasteiger partial charge in [0, 0.05) is 56.3 Å². The average Bonchev–Trinajstić information content (AvgIpc) is 3.74. The number of nitrogens with zero attached hydrogens (tertiary/aromatic N) is 3. The summed E-state index contributed by atoms with van der Waals surface area (Å²) in [5.41, 5.74) is 7.60. The summed E-state index contributed by atoms with van der Waals surface area (Å²) in [5, 5.41) is 0.